The molecule has 3 aromatic rings. The summed E-state index contributed by atoms with van der Waals surface area (Å²) in [5.74, 6) is 0.625. The van der Waals surface area contributed by atoms with E-state index in [1.165, 1.54) is 28.0 Å². The van der Waals surface area contributed by atoms with E-state index in [2.05, 4.69) is 67.2 Å². The van der Waals surface area contributed by atoms with Gasteiger partial charge in [0.2, 0.25) is 0 Å². The van der Waals surface area contributed by atoms with Gasteiger partial charge in [-0.15, -0.1) is 0 Å². The van der Waals surface area contributed by atoms with Crippen LogP contribution >= 0.6 is 11.3 Å². The second kappa shape index (κ2) is 10.2. The number of nitrogens with zero attached hydrogens (tertiary/aromatic N) is 2. The Morgan fingerprint density at radius 1 is 1.19 bits per heavy atom. The highest BCUT2D eigenvalue weighted by molar-refractivity contribution is 7.22. The van der Waals surface area contributed by atoms with Crippen molar-refractivity contribution in [3.05, 3.63) is 71.1 Å². The van der Waals surface area contributed by atoms with Crippen LogP contribution in [0, 0.1) is 32.1 Å². The van der Waals surface area contributed by atoms with Crippen LogP contribution in [0.1, 0.15) is 54.2 Å². The van der Waals surface area contributed by atoms with Crippen molar-refractivity contribution in [3.8, 4) is 6.07 Å². The molecule has 5 nitrogen and oxygen atoms in total. The normalized spacial score (nSPS) is 10.6. The molecular formula is C25H30N4OS. The van der Waals surface area contributed by atoms with Gasteiger partial charge in [0, 0.05) is 11.1 Å². The Kier molecular flexibility index (Phi) is 7.95. The maximum atomic E-state index is 11.4. The largest absolute Gasteiger partial charge is 0.366 e. The first-order chi connectivity index (χ1) is 14.5. The number of carbonyl (C=O) groups is 1. The van der Waals surface area contributed by atoms with Gasteiger partial charge in [0.1, 0.15) is 0 Å². The lowest BCUT2D eigenvalue weighted by molar-refractivity contribution is 0.101. The fourth-order valence-electron chi connectivity index (χ4n) is 2.91. The first kappa shape index (κ1) is 24.1. The standard InChI is InChI=1S/C16H18N4OS.C9H12/c1-10(21)12-5-6-13-14(9-12)22-15(19-13)18-11(2)20-16(3,4)7-8-17;1-7-5-4-6-8(2)9(7)3/h5-6,9,20H,2,7H2,1,3-4H3,(H,18,19);4-6H,1-3H3. The number of Topliss-reactive ketones (excluding diaryl/α,β-unsaturated/α-hetero) is 1. The topological polar surface area (TPSA) is 77.8 Å². The predicted octanol–water partition coefficient (Wildman–Crippen LogP) is 6.28. The number of nitrogens with one attached hydrogen (secondary N) is 2. The lowest BCUT2D eigenvalue weighted by Gasteiger charge is -2.25. The van der Waals surface area contributed by atoms with E-state index < -0.39 is 0 Å². The Morgan fingerprint density at radius 3 is 2.39 bits per heavy atom. The molecule has 0 aliphatic rings. The molecule has 2 aromatic carbocycles. The Labute approximate surface area is 188 Å². The second-order valence-electron chi connectivity index (χ2n) is 8.22. The van der Waals surface area contributed by atoms with Gasteiger partial charge in [-0.05, 0) is 76.4 Å². The van der Waals surface area contributed by atoms with Gasteiger partial charge < -0.3 is 10.6 Å². The van der Waals surface area contributed by atoms with Crippen molar-refractivity contribution in [1.82, 2.24) is 10.3 Å². The van der Waals surface area contributed by atoms with Crippen molar-refractivity contribution >= 4 is 32.5 Å². The summed E-state index contributed by atoms with van der Waals surface area (Å²) < 4.78 is 0.944. The first-order valence-electron chi connectivity index (χ1n) is 10.1. The average molecular weight is 435 g/mol. The summed E-state index contributed by atoms with van der Waals surface area (Å²) in [6.07, 6.45) is 0.371. The van der Waals surface area contributed by atoms with Gasteiger partial charge in [0.05, 0.1) is 28.5 Å². The zero-order valence-corrected chi connectivity index (χ0v) is 19.9. The number of fused-ring (bicyclic) bond motifs is 1. The van der Waals surface area contributed by atoms with E-state index in [0.29, 0.717) is 22.9 Å². The number of anilines is 1. The van der Waals surface area contributed by atoms with Gasteiger partial charge in [0.15, 0.2) is 10.9 Å². The lowest BCUT2D eigenvalue weighted by atomic mass is 10.0. The molecule has 1 aromatic heterocycles. The molecule has 0 atom stereocenters. The number of nitriles is 1. The Hall–Kier alpha value is -3.17. The van der Waals surface area contributed by atoms with E-state index in [1.807, 2.05) is 26.0 Å². The lowest BCUT2D eigenvalue weighted by Crippen LogP contribution is -2.39. The molecule has 162 valence electrons. The van der Waals surface area contributed by atoms with Crippen LogP contribution in [-0.2, 0) is 0 Å². The van der Waals surface area contributed by atoms with Gasteiger partial charge >= 0.3 is 0 Å². The van der Waals surface area contributed by atoms with Crippen LogP contribution in [0.5, 0.6) is 0 Å². The summed E-state index contributed by atoms with van der Waals surface area (Å²) in [4.78, 5) is 15.9. The minimum absolute atomic E-state index is 0.0362. The summed E-state index contributed by atoms with van der Waals surface area (Å²) in [5, 5.41) is 15.8. The van der Waals surface area contributed by atoms with Gasteiger partial charge in [-0.3, -0.25) is 4.79 Å². The van der Waals surface area contributed by atoms with Crippen LogP contribution in [-0.4, -0.2) is 16.3 Å². The van der Waals surface area contributed by atoms with E-state index in [-0.39, 0.29) is 11.3 Å². The van der Waals surface area contributed by atoms with Gasteiger partial charge in [-0.25, -0.2) is 4.98 Å². The summed E-state index contributed by atoms with van der Waals surface area (Å²) >= 11 is 1.46. The fourth-order valence-corrected chi connectivity index (χ4v) is 3.84. The molecule has 0 saturated heterocycles. The number of carbonyl (C=O) groups excluding carboxylic acids is 1. The van der Waals surface area contributed by atoms with Gasteiger partial charge in [0.25, 0.3) is 0 Å². The number of aryl methyl sites for hydroxylation is 2. The van der Waals surface area contributed by atoms with Crippen LogP contribution in [0.2, 0.25) is 0 Å². The minimum atomic E-state index is -0.364. The van der Waals surface area contributed by atoms with Crippen LogP contribution < -0.4 is 10.6 Å². The van der Waals surface area contributed by atoms with Gasteiger partial charge in [-0.2, -0.15) is 5.26 Å². The molecular weight excluding hydrogens is 404 g/mol. The highest BCUT2D eigenvalue weighted by Gasteiger charge is 2.18. The number of aromatic nitrogens is 1. The molecule has 31 heavy (non-hydrogen) atoms. The quantitative estimate of drug-likeness (QED) is 0.447. The van der Waals surface area contributed by atoms with E-state index in [4.69, 9.17) is 5.26 Å². The predicted molar refractivity (Wildman–Crippen MR) is 130 cm³/mol. The van der Waals surface area contributed by atoms with Crippen molar-refractivity contribution in [3.63, 3.8) is 0 Å². The number of thiazole rings is 1. The maximum absolute atomic E-state index is 11.4. The van der Waals surface area contributed by atoms with Crippen molar-refractivity contribution in [2.75, 3.05) is 5.32 Å². The number of ketones is 1. The highest BCUT2D eigenvalue weighted by Crippen LogP contribution is 2.27. The van der Waals surface area contributed by atoms with Crippen molar-refractivity contribution in [1.29, 1.82) is 5.26 Å². The van der Waals surface area contributed by atoms with Crippen LogP contribution in [0.15, 0.2) is 48.8 Å². The molecule has 0 bridgehead atoms. The summed E-state index contributed by atoms with van der Waals surface area (Å²) in [7, 11) is 0. The zero-order chi connectivity index (χ0) is 23.2. The van der Waals surface area contributed by atoms with Crippen LogP contribution in [0.3, 0.4) is 0 Å². The third kappa shape index (κ3) is 6.94. The third-order valence-corrected chi connectivity index (χ3v) is 5.87. The van der Waals surface area contributed by atoms with Crippen molar-refractivity contribution < 1.29 is 4.79 Å². The Balaban J connectivity index is 0.000000316. The first-order valence-corrected chi connectivity index (χ1v) is 10.9. The Bertz CT molecular complexity index is 1120. The number of benzene rings is 2. The van der Waals surface area contributed by atoms with Crippen LogP contribution in [0.4, 0.5) is 5.13 Å². The smallest absolute Gasteiger partial charge is 0.189 e. The van der Waals surface area contributed by atoms with E-state index in [0.717, 1.165) is 10.2 Å². The molecule has 0 saturated carbocycles. The van der Waals surface area contributed by atoms with E-state index in [1.54, 1.807) is 13.0 Å². The number of hydrogen-bond acceptors (Lipinski definition) is 6. The molecule has 6 heteroatoms. The molecule has 0 unspecified atom stereocenters. The molecule has 0 amide bonds. The highest BCUT2D eigenvalue weighted by atomic mass is 32.1. The molecule has 1 heterocycles. The average Bonchev–Trinajstić information content (AvgIpc) is 3.07. The molecule has 0 spiro atoms. The zero-order valence-electron chi connectivity index (χ0n) is 19.1. The minimum Gasteiger partial charge on any atom is -0.366 e. The summed E-state index contributed by atoms with van der Waals surface area (Å²) in [6, 6.07) is 14.0. The van der Waals surface area contributed by atoms with Crippen molar-refractivity contribution in [2.24, 2.45) is 0 Å². The number of rotatable bonds is 6. The summed E-state index contributed by atoms with van der Waals surface area (Å²) in [6.45, 7) is 15.8. The van der Waals surface area contributed by atoms with Crippen molar-refractivity contribution in [2.45, 2.75) is 53.5 Å². The molecule has 3 rings (SSSR count). The molecule has 0 radical (unpaired) electrons. The van der Waals surface area contributed by atoms with Gasteiger partial charge in [-0.1, -0.05) is 36.1 Å². The molecule has 0 aliphatic carbocycles. The third-order valence-electron chi connectivity index (χ3n) is 4.94. The maximum Gasteiger partial charge on any atom is 0.189 e. The van der Waals surface area contributed by atoms with Crippen LogP contribution in [0.25, 0.3) is 10.2 Å². The number of hydrogen-bond donors (Lipinski definition) is 2. The second-order valence-corrected chi connectivity index (χ2v) is 9.25. The Morgan fingerprint density at radius 2 is 1.84 bits per heavy atom. The SMILES string of the molecule is C=C(Nc1nc2ccc(C(C)=O)cc2s1)NC(C)(C)CC#N.Cc1cccc(C)c1C. The molecule has 0 fully saturated rings. The molecule has 2 N–H and O–H groups in total. The summed E-state index contributed by atoms with van der Waals surface area (Å²) in [5.41, 5.74) is 5.33. The van der Waals surface area contributed by atoms with E-state index >= 15 is 0 Å². The fraction of sp³-hybridized carbons (Fsp3) is 0.320. The monoisotopic (exact) mass is 434 g/mol. The van der Waals surface area contributed by atoms with E-state index in [9.17, 15) is 4.79 Å². The molecule has 0 aliphatic heterocycles.